The van der Waals surface area contributed by atoms with E-state index in [-0.39, 0.29) is 5.69 Å². The Kier molecular flexibility index (Phi) is 5.47. The summed E-state index contributed by atoms with van der Waals surface area (Å²) in [7, 11) is 3.66. The van der Waals surface area contributed by atoms with Crippen molar-refractivity contribution in [1.29, 1.82) is 0 Å². The molecule has 0 aliphatic rings. The normalized spacial score (nSPS) is 10.2. The summed E-state index contributed by atoms with van der Waals surface area (Å²) in [5.41, 5.74) is 1.05. The Morgan fingerprint density at radius 2 is 1.75 bits per heavy atom. The first-order valence-electron chi connectivity index (χ1n) is 7.05. The van der Waals surface area contributed by atoms with E-state index in [4.69, 9.17) is 4.74 Å². The Labute approximate surface area is 137 Å². The fourth-order valence-corrected chi connectivity index (χ4v) is 1.95. The number of ether oxygens (including phenoxy) is 1. The minimum absolute atomic E-state index is 0.0526. The molecule has 0 spiro atoms. The number of esters is 1. The van der Waals surface area contributed by atoms with Gasteiger partial charge in [-0.1, -0.05) is 6.07 Å². The van der Waals surface area contributed by atoms with Gasteiger partial charge >= 0.3 is 5.97 Å². The van der Waals surface area contributed by atoms with Gasteiger partial charge in [-0.05, 0) is 30.3 Å². The first-order chi connectivity index (χ1) is 11.3. The first kappa shape index (κ1) is 17.4. The van der Waals surface area contributed by atoms with Crippen LogP contribution in [-0.2, 0) is 9.53 Å². The predicted octanol–water partition coefficient (Wildman–Crippen LogP) is 2.83. The Hall–Kier alpha value is -2.96. The van der Waals surface area contributed by atoms with E-state index < -0.39 is 30.1 Å². The molecular weight excluding hydrogens is 318 g/mol. The Morgan fingerprint density at radius 3 is 2.38 bits per heavy atom. The van der Waals surface area contributed by atoms with Crippen molar-refractivity contribution < 1.29 is 23.1 Å². The van der Waals surface area contributed by atoms with Gasteiger partial charge in [-0.3, -0.25) is 4.79 Å². The molecule has 0 atom stereocenters. The molecule has 0 bridgehead atoms. The van der Waals surface area contributed by atoms with E-state index in [1.807, 2.05) is 25.1 Å². The van der Waals surface area contributed by atoms with E-state index in [2.05, 4.69) is 5.32 Å². The van der Waals surface area contributed by atoms with Crippen LogP contribution < -0.4 is 10.2 Å². The molecule has 0 aliphatic carbocycles. The summed E-state index contributed by atoms with van der Waals surface area (Å²) < 4.78 is 31.0. The number of amides is 1. The van der Waals surface area contributed by atoms with E-state index >= 15 is 0 Å². The Balaban J connectivity index is 1.93. The second kappa shape index (κ2) is 7.54. The maximum atomic E-state index is 13.0. The smallest absolute Gasteiger partial charge is 0.338 e. The van der Waals surface area contributed by atoms with Gasteiger partial charge in [-0.25, -0.2) is 13.6 Å². The van der Waals surface area contributed by atoms with Gasteiger partial charge in [0.15, 0.2) is 6.61 Å². The molecule has 0 aromatic heterocycles. The number of carbonyl (C=O) groups is 2. The summed E-state index contributed by atoms with van der Waals surface area (Å²) >= 11 is 0. The third-order valence-electron chi connectivity index (χ3n) is 3.08. The largest absolute Gasteiger partial charge is 0.452 e. The summed E-state index contributed by atoms with van der Waals surface area (Å²) in [5.74, 6) is -3.00. The summed E-state index contributed by atoms with van der Waals surface area (Å²) in [6.45, 7) is -0.566. The van der Waals surface area contributed by atoms with Crippen LogP contribution in [0.5, 0.6) is 0 Å². The molecule has 1 N–H and O–H groups in total. The number of benzene rings is 2. The molecule has 0 radical (unpaired) electrons. The van der Waals surface area contributed by atoms with E-state index in [0.717, 1.165) is 17.8 Å². The lowest BCUT2D eigenvalue weighted by Crippen LogP contribution is -2.21. The SMILES string of the molecule is CN(C)c1cccc(C(=O)OCC(=O)Nc2cc(F)cc(F)c2)c1. The van der Waals surface area contributed by atoms with Crippen molar-refractivity contribution in [1.82, 2.24) is 0 Å². The van der Waals surface area contributed by atoms with Crippen molar-refractivity contribution in [3.8, 4) is 0 Å². The fraction of sp³-hybridized carbons (Fsp3) is 0.176. The maximum Gasteiger partial charge on any atom is 0.338 e. The number of hydrogen-bond acceptors (Lipinski definition) is 4. The molecule has 7 heteroatoms. The molecule has 0 saturated carbocycles. The van der Waals surface area contributed by atoms with Crippen molar-refractivity contribution >= 4 is 23.3 Å². The lowest BCUT2D eigenvalue weighted by atomic mass is 10.2. The highest BCUT2D eigenvalue weighted by Gasteiger charge is 2.12. The third kappa shape index (κ3) is 4.77. The van der Waals surface area contributed by atoms with Crippen LogP contribution in [0.3, 0.4) is 0 Å². The zero-order valence-electron chi connectivity index (χ0n) is 13.2. The minimum Gasteiger partial charge on any atom is -0.452 e. The molecular formula is C17H16F2N2O3. The van der Waals surface area contributed by atoms with Crippen LogP contribution in [0.1, 0.15) is 10.4 Å². The van der Waals surface area contributed by atoms with E-state index in [1.165, 1.54) is 0 Å². The molecule has 5 nitrogen and oxygen atoms in total. The predicted molar refractivity (Wildman–Crippen MR) is 86.0 cm³/mol. The van der Waals surface area contributed by atoms with Gasteiger partial charge in [0.25, 0.3) is 5.91 Å². The molecule has 2 aromatic carbocycles. The van der Waals surface area contributed by atoms with Crippen LogP contribution in [-0.4, -0.2) is 32.6 Å². The molecule has 126 valence electrons. The Morgan fingerprint density at radius 1 is 1.08 bits per heavy atom. The van der Waals surface area contributed by atoms with Gasteiger partial charge in [0.1, 0.15) is 11.6 Å². The first-order valence-corrected chi connectivity index (χ1v) is 7.05. The summed E-state index contributed by atoms with van der Waals surface area (Å²) in [6, 6.07) is 9.32. The Bertz CT molecular complexity index is 743. The van der Waals surface area contributed by atoms with Crippen molar-refractivity contribution in [3.63, 3.8) is 0 Å². The van der Waals surface area contributed by atoms with Crippen LogP contribution in [0.25, 0.3) is 0 Å². The van der Waals surface area contributed by atoms with Crippen LogP contribution in [0, 0.1) is 11.6 Å². The summed E-state index contributed by atoms with van der Waals surface area (Å²) in [4.78, 5) is 25.5. The number of anilines is 2. The van der Waals surface area contributed by atoms with Gasteiger partial charge in [0.05, 0.1) is 5.56 Å². The lowest BCUT2D eigenvalue weighted by Gasteiger charge is -2.13. The quantitative estimate of drug-likeness (QED) is 0.854. The summed E-state index contributed by atoms with van der Waals surface area (Å²) in [6.07, 6.45) is 0. The number of rotatable bonds is 5. The van der Waals surface area contributed by atoms with Crippen LogP contribution in [0.4, 0.5) is 20.2 Å². The highest BCUT2D eigenvalue weighted by atomic mass is 19.1. The van der Waals surface area contributed by atoms with E-state index in [9.17, 15) is 18.4 Å². The number of nitrogens with one attached hydrogen (secondary N) is 1. The topological polar surface area (TPSA) is 58.6 Å². The van der Waals surface area contributed by atoms with E-state index in [1.54, 1.807) is 18.2 Å². The molecule has 0 unspecified atom stereocenters. The molecule has 0 saturated heterocycles. The van der Waals surface area contributed by atoms with Gasteiger partial charge in [0, 0.05) is 31.5 Å². The molecule has 0 aliphatic heterocycles. The highest BCUT2D eigenvalue weighted by molar-refractivity contribution is 5.95. The van der Waals surface area contributed by atoms with Crippen LogP contribution in [0.2, 0.25) is 0 Å². The molecule has 2 aromatic rings. The van der Waals surface area contributed by atoms with Crippen molar-refractivity contribution in [2.75, 3.05) is 30.9 Å². The lowest BCUT2D eigenvalue weighted by molar-refractivity contribution is -0.119. The number of hydrogen-bond donors (Lipinski definition) is 1. The number of halogens is 2. The molecule has 0 heterocycles. The molecule has 2 rings (SSSR count). The standard InChI is InChI=1S/C17H16F2N2O3/c1-21(2)15-5-3-4-11(6-15)17(23)24-10-16(22)20-14-8-12(18)7-13(19)9-14/h3-9H,10H2,1-2H3,(H,20,22). The average molecular weight is 334 g/mol. The number of carbonyl (C=O) groups excluding carboxylic acids is 2. The zero-order chi connectivity index (χ0) is 17.7. The fourth-order valence-electron chi connectivity index (χ4n) is 1.95. The number of nitrogens with zero attached hydrogens (tertiary/aromatic N) is 1. The van der Waals surface area contributed by atoms with Crippen LogP contribution >= 0.6 is 0 Å². The maximum absolute atomic E-state index is 13.0. The second-order valence-corrected chi connectivity index (χ2v) is 5.23. The summed E-state index contributed by atoms with van der Waals surface area (Å²) in [5, 5.41) is 2.26. The van der Waals surface area contributed by atoms with Gasteiger partial charge in [-0.2, -0.15) is 0 Å². The molecule has 0 fully saturated rings. The van der Waals surface area contributed by atoms with Crippen molar-refractivity contribution in [2.45, 2.75) is 0 Å². The zero-order valence-corrected chi connectivity index (χ0v) is 13.2. The third-order valence-corrected chi connectivity index (χ3v) is 3.08. The van der Waals surface area contributed by atoms with Gasteiger partial charge in [-0.15, -0.1) is 0 Å². The monoisotopic (exact) mass is 334 g/mol. The average Bonchev–Trinajstić information content (AvgIpc) is 2.51. The van der Waals surface area contributed by atoms with Crippen LogP contribution in [0.15, 0.2) is 42.5 Å². The van der Waals surface area contributed by atoms with Gasteiger partial charge < -0.3 is 15.0 Å². The van der Waals surface area contributed by atoms with Crippen molar-refractivity contribution in [2.24, 2.45) is 0 Å². The van der Waals surface area contributed by atoms with E-state index in [0.29, 0.717) is 11.6 Å². The highest BCUT2D eigenvalue weighted by Crippen LogP contribution is 2.15. The minimum atomic E-state index is -0.817. The van der Waals surface area contributed by atoms with Crippen molar-refractivity contribution in [3.05, 3.63) is 59.7 Å². The van der Waals surface area contributed by atoms with Gasteiger partial charge in [0.2, 0.25) is 0 Å². The molecule has 1 amide bonds. The molecule has 24 heavy (non-hydrogen) atoms. The second-order valence-electron chi connectivity index (χ2n) is 5.23.